The van der Waals surface area contributed by atoms with Gasteiger partial charge >= 0.3 is 0 Å². The molecule has 5 nitrogen and oxygen atoms in total. The molecule has 0 heterocycles. The zero-order chi connectivity index (χ0) is 26.1. The highest BCUT2D eigenvalue weighted by Gasteiger charge is 2.31. The molecule has 1 atom stereocenters. The van der Waals surface area contributed by atoms with Crippen LogP contribution in [0.1, 0.15) is 30.5 Å². The highest BCUT2D eigenvalue weighted by Crippen LogP contribution is 2.24. The Kier molecular flexibility index (Phi) is 10.2. The summed E-state index contributed by atoms with van der Waals surface area (Å²) in [5.74, 6) is 0.348. The monoisotopic (exact) mass is 526 g/mol. The minimum atomic E-state index is -0.741. The summed E-state index contributed by atoms with van der Waals surface area (Å²) in [6.45, 7) is 6.53. The van der Waals surface area contributed by atoms with Crippen LogP contribution in [-0.2, 0) is 22.6 Å². The van der Waals surface area contributed by atoms with Crippen LogP contribution in [0.15, 0.2) is 72.8 Å². The quantitative estimate of drug-likeness (QED) is 0.328. The van der Waals surface area contributed by atoms with Gasteiger partial charge in [-0.1, -0.05) is 91.1 Å². The van der Waals surface area contributed by atoms with Crippen molar-refractivity contribution >= 4 is 35.0 Å². The Balaban J connectivity index is 1.91. The minimum Gasteiger partial charge on any atom is -0.484 e. The fraction of sp³-hybridized carbons (Fsp3) is 0.310. The Bertz CT molecular complexity index is 1150. The standard InChI is InChI=1S/C29H32Cl2N2O3/c1-20(2)17-32-29(35)27(16-22-7-5-4-6-8-22)33(18-23-11-14-25(30)26(31)15-23)28(34)19-36-24-12-9-21(3)10-13-24/h4-15,20,27H,16-19H2,1-3H3,(H,32,35)/t27-/m0/s1. The van der Waals surface area contributed by atoms with Crippen molar-refractivity contribution in [2.45, 2.75) is 39.8 Å². The second kappa shape index (κ2) is 13.3. The average Bonchev–Trinajstić information content (AvgIpc) is 2.86. The summed E-state index contributed by atoms with van der Waals surface area (Å²) in [5.41, 5.74) is 2.82. The first-order valence-electron chi connectivity index (χ1n) is 12.0. The Labute approximate surface area is 223 Å². The van der Waals surface area contributed by atoms with Gasteiger partial charge in [0.1, 0.15) is 11.8 Å². The molecular formula is C29H32Cl2N2O3. The first kappa shape index (κ1) is 27.6. The number of halogens is 2. The lowest BCUT2D eigenvalue weighted by Gasteiger charge is -2.31. The van der Waals surface area contributed by atoms with E-state index in [1.807, 2.05) is 75.4 Å². The summed E-state index contributed by atoms with van der Waals surface area (Å²) in [6.07, 6.45) is 0.363. The summed E-state index contributed by atoms with van der Waals surface area (Å²) in [4.78, 5) is 28.6. The molecule has 190 valence electrons. The summed E-state index contributed by atoms with van der Waals surface area (Å²) >= 11 is 12.4. The van der Waals surface area contributed by atoms with Crippen molar-refractivity contribution in [2.24, 2.45) is 5.92 Å². The van der Waals surface area contributed by atoms with Gasteiger partial charge in [0.05, 0.1) is 10.0 Å². The number of carbonyl (C=O) groups is 2. The van der Waals surface area contributed by atoms with Crippen molar-refractivity contribution in [1.29, 1.82) is 0 Å². The molecule has 3 aromatic carbocycles. The summed E-state index contributed by atoms with van der Waals surface area (Å²) in [5, 5.41) is 3.82. The van der Waals surface area contributed by atoms with Crippen molar-refractivity contribution in [3.05, 3.63) is 99.5 Å². The van der Waals surface area contributed by atoms with E-state index in [0.29, 0.717) is 28.8 Å². The van der Waals surface area contributed by atoms with E-state index < -0.39 is 6.04 Å². The van der Waals surface area contributed by atoms with Gasteiger partial charge in [-0.15, -0.1) is 0 Å². The number of amides is 2. The van der Waals surface area contributed by atoms with Crippen LogP contribution in [0.5, 0.6) is 5.75 Å². The van der Waals surface area contributed by atoms with Crippen LogP contribution in [0, 0.1) is 12.8 Å². The predicted octanol–water partition coefficient (Wildman–Crippen LogP) is 6.09. The molecule has 0 saturated carbocycles. The highest BCUT2D eigenvalue weighted by atomic mass is 35.5. The third-order valence-corrected chi connectivity index (χ3v) is 6.41. The fourth-order valence-corrected chi connectivity index (χ4v) is 3.99. The maximum absolute atomic E-state index is 13.6. The lowest BCUT2D eigenvalue weighted by Crippen LogP contribution is -2.52. The van der Waals surface area contributed by atoms with Crippen LogP contribution in [-0.4, -0.2) is 35.9 Å². The number of rotatable bonds is 11. The number of carbonyl (C=O) groups excluding carboxylic acids is 2. The normalized spacial score (nSPS) is 11.7. The Morgan fingerprint density at radius 1 is 0.917 bits per heavy atom. The molecule has 0 spiro atoms. The molecule has 0 unspecified atom stereocenters. The Hall–Kier alpha value is -3.02. The van der Waals surface area contributed by atoms with Gasteiger partial charge in [0.2, 0.25) is 5.91 Å². The maximum atomic E-state index is 13.6. The Morgan fingerprint density at radius 2 is 1.61 bits per heavy atom. The van der Waals surface area contributed by atoms with Gasteiger partial charge in [-0.3, -0.25) is 9.59 Å². The molecule has 0 aliphatic heterocycles. The number of ether oxygens (including phenoxy) is 1. The van der Waals surface area contributed by atoms with Gasteiger partial charge in [0.15, 0.2) is 6.61 Å². The number of nitrogens with one attached hydrogen (secondary N) is 1. The lowest BCUT2D eigenvalue weighted by atomic mass is 10.0. The van der Waals surface area contributed by atoms with Crippen molar-refractivity contribution in [3.8, 4) is 5.75 Å². The van der Waals surface area contributed by atoms with Crippen LogP contribution in [0.4, 0.5) is 0 Å². The molecule has 0 bridgehead atoms. The molecule has 36 heavy (non-hydrogen) atoms. The molecule has 7 heteroatoms. The number of benzene rings is 3. The van der Waals surface area contributed by atoms with Gasteiger partial charge in [0, 0.05) is 19.5 Å². The molecule has 0 aliphatic rings. The molecule has 0 aromatic heterocycles. The lowest BCUT2D eigenvalue weighted by molar-refractivity contribution is -0.142. The molecule has 3 rings (SSSR count). The number of hydrogen-bond donors (Lipinski definition) is 1. The van der Waals surface area contributed by atoms with Crippen LogP contribution in [0.2, 0.25) is 10.0 Å². The number of hydrogen-bond acceptors (Lipinski definition) is 3. The molecule has 1 N–H and O–H groups in total. The SMILES string of the molecule is Cc1ccc(OCC(=O)N(Cc2ccc(Cl)c(Cl)c2)[C@@H](Cc2ccccc2)C(=O)NCC(C)C)cc1. The highest BCUT2D eigenvalue weighted by molar-refractivity contribution is 6.42. The van der Waals surface area contributed by atoms with E-state index in [-0.39, 0.29) is 30.9 Å². The fourth-order valence-electron chi connectivity index (χ4n) is 3.67. The van der Waals surface area contributed by atoms with E-state index in [0.717, 1.165) is 16.7 Å². The Morgan fingerprint density at radius 3 is 2.25 bits per heavy atom. The second-order valence-electron chi connectivity index (χ2n) is 9.22. The van der Waals surface area contributed by atoms with Crippen LogP contribution in [0.25, 0.3) is 0 Å². The van der Waals surface area contributed by atoms with E-state index >= 15 is 0 Å². The van der Waals surface area contributed by atoms with Crippen molar-refractivity contribution in [1.82, 2.24) is 10.2 Å². The van der Waals surface area contributed by atoms with Crippen molar-refractivity contribution < 1.29 is 14.3 Å². The van der Waals surface area contributed by atoms with Crippen molar-refractivity contribution in [3.63, 3.8) is 0 Å². The molecule has 0 radical (unpaired) electrons. The molecule has 2 amide bonds. The molecule has 0 saturated heterocycles. The number of nitrogens with zero attached hydrogens (tertiary/aromatic N) is 1. The van der Waals surface area contributed by atoms with Crippen LogP contribution < -0.4 is 10.1 Å². The van der Waals surface area contributed by atoms with E-state index in [1.54, 1.807) is 23.1 Å². The topological polar surface area (TPSA) is 58.6 Å². The largest absolute Gasteiger partial charge is 0.484 e. The van der Waals surface area contributed by atoms with Gasteiger partial charge < -0.3 is 15.0 Å². The van der Waals surface area contributed by atoms with Gasteiger partial charge in [0.25, 0.3) is 5.91 Å². The van der Waals surface area contributed by atoms with Crippen LogP contribution >= 0.6 is 23.2 Å². The predicted molar refractivity (Wildman–Crippen MR) is 145 cm³/mol. The smallest absolute Gasteiger partial charge is 0.261 e. The third kappa shape index (κ3) is 8.28. The zero-order valence-corrected chi connectivity index (χ0v) is 22.4. The van der Waals surface area contributed by atoms with Gasteiger partial charge in [-0.2, -0.15) is 0 Å². The molecular weight excluding hydrogens is 495 g/mol. The van der Waals surface area contributed by atoms with Crippen LogP contribution in [0.3, 0.4) is 0 Å². The first-order valence-corrected chi connectivity index (χ1v) is 12.7. The van der Waals surface area contributed by atoms with Gasteiger partial charge in [-0.25, -0.2) is 0 Å². The van der Waals surface area contributed by atoms with E-state index in [4.69, 9.17) is 27.9 Å². The first-order chi connectivity index (χ1) is 17.2. The number of aryl methyl sites for hydroxylation is 1. The van der Waals surface area contributed by atoms with E-state index in [1.165, 1.54) is 0 Å². The van der Waals surface area contributed by atoms with Gasteiger partial charge in [-0.05, 0) is 48.2 Å². The third-order valence-electron chi connectivity index (χ3n) is 5.68. The molecule has 0 aliphatic carbocycles. The average molecular weight is 527 g/mol. The molecule has 3 aromatic rings. The minimum absolute atomic E-state index is 0.180. The van der Waals surface area contributed by atoms with E-state index in [9.17, 15) is 9.59 Å². The van der Waals surface area contributed by atoms with E-state index in [2.05, 4.69) is 5.32 Å². The summed E-state index contributed by atoms with van der Waals surface area (Å²) in [6, 6.07) is 21.6. The zero-order valence-electron chi connectivity index (χ0n) is 20.8. The van der Waals surface area contributed by atoms with Crippen molar-refractivity contribution in [2.75, 3.05) is 13.2 Å². The summed E-state index contributed by atoms with van der Waals surface area (Å²) < 4.78 is 5.79. The molecule has 0 fully saturated rings. The summed E-state index contributed by atoms with van der Waals surface area (Å²) in [7, 11) is 0. The second-order valence-corrected chi connectivity index (χ2v) is 10.0. The maximum Gasteiger partial charge on any atom is 0.261 e.